The van der Waals surface area contributed by atoms with E-state index in [1.165, 1.54) is 12.1 Å². The highest BCUT2D eigenvalue weighted by Gasteiger charge is 2.28. The topological polar surface area (TPSA) is 64.2 Å². The van der Waals surface area contributed by atoms with Gasteiger partial charge in [-0.2, -0.15) is 0 Å². The highest BCUT2D eigenvalue weighted by Crippen LogP contribution is 2.30. The Morgan fingerprint density at radius 2 is 2.00 bits per heavy atom. The Morgan fingerprint density at radius 1 is 1.29 bits per heavy atom. The van der Waals surface area contributed by atoms with Gasteiger partial charge >= 0.3 is 0 Å². The number of benzene rings is 1. The van der Waals surface area contributed by atoms with Gasteiger partial charge in [-0.15, -0.1) is 0 Å². The van der Waals surface area contributed by atoms with Crippen LogP contribution in [0.5, 0.6) is 0 Å². The molecule has 3 aromatic rings. The molecule has 1 amide bonds. The van der Waals surface area contributed by atoms with Gasteiger partial charge in [0.05, 0.1) is 23.8 Å². The molecule has 0 unspecified atom stereocenters. The van der Waals surface area contributed by atoms with Crippen molar-refractivity contribution in [3.8, 4) is 5.82 Å². The van der Waals surface area contributed by atoms with Crippen molar-refractivity contribution in [1.29, 1.82) is 0 Å². The van der Waals surface area contributed by atoms with E-state index in [0.717, 1.165) is 6.20 Å². The molecule has 0 saturated heterocycles. The monoisotopic (exact) mass is 381 g/mol. The summed E-state index contributed by atoms with van der Waals surface area (Å²) in [5.74, 6) is -0.207. The summed E-state index contributed by atoms with van der Waals surface area (Å²) in [4.78, 5) is 24.7. The lowest BCUT2D eigenvalue weighted by molar-refractivity contribution is -0.122. The summed E-state index contributed by atoms with van der Waals surface area (Å²) in [5.41, 5.74) is 1.44. The van der Waals surface area contributed by atoms with Crippen LogP contribution in [0.25, 0.3) is 21.7 Å². The first-order chi connectivity index (χ1) is 12.7. The van der Waals surface area contributed by atoms with Crippen molar-refractivity contribution in [3.63, 3.8) is 0 Å². The summed E-state index contributed by atoms with van der Waals surface area (Å²) in [6.45, 7) is 15.1. The van der Waals surface area contributed by atoms with Gasteiger partial charge in [0.1, 0.15) is 11.6 Å². The molecule has 0 aliphatic heterocycles. The van der Waals surface area contributed by atoms with Crippen molar-refractivity contribution in [1.82, 2.24) is 14.5 Å². The molecule has 0 aliphatic rings. The van der Waals surface area contributed by atoms with Crippen molar-refractivity contribution >= 4 is 28.6 Å². The lowest BCUT2D eigenvalue weighted by Crippen LogP contribution is -2.31. The number of pyridine rings is 1. The number of carbonyl (C=O) groups is 1. The minimum absolute atomic E-state index is 0. The molecule has 1 N–H and O–H groups in total. The van der Waals surface area contributed by atoms with Gasteiger partial charge in [-0.25, -0.2) is 19.2 Å². The molecule has 0 aliphatic carbocycles. The van der Waals surface area contributed by atoms with Crippen LogP contribution in [0.3, 0.4) is 0 Å². The van der Waals surface area contributed by atoms with Crippen LogP contribution < -0.4 is 5.32 Å². The average molecular weight is 381 g/mol. The van der Waals surface area contributed by atoms with E-state index in [1.807, 2.05) is 27.7 Å². The fraction of sp³-hybridized carbons (Fsp3) is 0.333. The first-order valence-corrected chi connectivity index (χ1v) is 8.53. The molecule has 28 heavy (non-hydrogen) atoms. The van der Waals surface area contributed by atoms with Crippen molar-refractivity contribution in [3.05, 3.63) is 53.8 Å². The molecule has 1 aromatic carbocycles. The van der Waals surface area contributed by atoms with Crippen LogP contribution in [-0.4, -0.2) is 20.4 Å². The Kier molecular flexibility index (Phi) is 5.84. The van der Waals surface area contributed by atoms with E-state index in [2.05, 4.69) is 20.1 Å². The Bertz CT molecular complexity index is 1040. The van der Waals surface area contributed by atoms with Crippen LogP contribution in [0.2, 0.25) is 0 Å². The highest BCUT2D eigenvalue weighted by atomic mass is 19.1. The van der Waals surface area contributed by atoms with Gasteiger partial charge in [0, 0.05) is 5.92 Å². The van der Waals surface area contributed by atoms with Crippen molar-refractivity contribution in [2.24, 2.45) is 11.3 Å². The number of hydrogen-bond acceptors (Lipinski definition) is 3. The zero-order chi connectivity index (χ0) is 19.8. The van der Waals surface area contributed by atoms with Gasteiger partial charge in [-0.05, 0) is 29.7 Å². The summed E-state index contributed by atoms with van der Waals surface area (Å²) in [6.07, 6.45) is 1.10. The Hall–Kier alpha value is -3.27. The molecule has 0 bridgehead atoms. The van der Waals surface area contributed by atoms with E-state index in [0.29, 0.717) is 22.5 Å². The second-order valence-electron chi connectivity index (χ2n) is 7.47. The highest BCUT2D eigenvalue weighted by molar-refractivity contribution is 5.94. The smallest absolute Gasteiger partial charge is 0.230 e. The third-order valence-electron chi connectivity index (χ3n) is 4.64. The molecule has 0 fully saturated rings. The van der Waals surface area contributed by atoms with Gasteiger partial charge < -0.3 is 0 Å². The van der Waals surface area contributed by atoms with Crippen molar-refractivity contribution in [2.45, 2.75) is 35.1 Å². The maximum atomic E-state index is 13.3. The summed E-state index contributed by atoms with van der Waals surface area (Å²) in [5, 5.41) is 2.86. The first-order valence-electron chi connectivity index (χ1n) is 8.53. The lowest BCUT2D eigenvalue weighted by Gasteiger charge is -2.25. The summed E-state index contributed by atoms with van der Waals surface area (Å²) < 4.78 is 14.9. The largest absolute Gasteiger partial charge is 0.295 e. The number of rotatable bonds is 3. The second kappa shape index (κ2) is 7.77. The third kappa shape index (κ3) is 4.01. The average Bonchev–Trinajstić information content (AvgIpc) is 2.97. The molecule has 3 rings (SSSR count). The first kappa shape index (κ1) is 21.0. The molecule has 0 saturated carbocycles. The van der Waals surface area contributed by atoms with Crippen LogP contribution in [0.4, 0.5) is 16.0 Å². The van der Waals surface area contributed by atoms with Crippen molar-refractivity contribution in [2.75, 3.05) is 5.32 Å². The molecule has 146 valence electrons. The number of imidazole rings is 1. The Morgan fingerprint density at radius 3 is 2.57 bits per heavy atom. The van der Waals surface area contributed by atoms with Crippen LogP contribution in [0, 0.1) is 23.7 Å². The lowest BCUT2D eigenvalue weighted by atomic mass is 9.81. The van der Waals surface area contributed by atoms with E-state index in [9.17, 15) is 9.18 Å². The molecule has 7 heteroatoms. The van der Waals surface area contributed by atoms with Crippen LogP contribution in [-0.2, 0) is 4.79 Å². The van der Waals surface area contributed by atoms with Crippen LogP contribution in [0.15, 0.2) is 36.5 Å². The second-order valence-corrected chi connectivity index (χ2v) is 7.47. The van der Waals surface area contributed by atoms with Gasteiger partial charge in [0.2, 0.25) is 11.9 Å². The number of nitrogens with one attached hydrogen (secondary N) is 1. The molecule has 2 aromatic heterocycles. The van der Waals surface area contributed by atoms with E-state index in [-0.39, 0.29) is 30.6 Å². The predicted octanol–water partition coefficient (Wildman–Crippen LogP) is 5.37. The maximum absolute atomic E-state index is 13.3. The molecular weight excluding hydrogens is 357 g/mol. The number of hydrogen-bond donors (Lipinski definition) is 1. The fourth-order valence-electron chi connectivity index (χ4n) is 2.56. The molecule has 1 atom stereocenters. The minimum atomic E-state index is -0.461. The van der Waals surface area contributed by atoms with Gasteiger partial charge in [-0.3, -0.25) is 14.7 Å². The number of anilines is 1. The number of amides is 1. The van der Waals surface area contributed by atoms with E-state index < -0.39 is 5.82 Å². The quantitative estimate of drug-likeness (QED) is 0.621. The Labute approximate surface area is 164 Å². The third-order valence-corrected chi connectivity index (χ3v) is 4.64. The van der Waals surface area contributed by atoms with Gasteiger partial charge in [0.25, 0.3) is 0 Å². The molecule has 2 heterocycles. The van der Waals surface area contributed by atoms with E-state index in [4.69, 9.17) is 6.57 Å². The number of nitrogens with zero attached hydrogens (tertiary/aromatic N) is 4. The maximum Gasteiger partial charge on any atom is 0.230 e. The summed E-state index contributed by atoms with van der Waals surface area (Å²) in [7, 11) is 0. The Balaban J connectivity index is 0.00000280. The summed E-state index contributed by atoms with van der Waals surface area (Å²) >= 11 is 0. The SMILES string of the molecule is C.[C-]#[N+]c1ccc2nc(NC(=O)[C@@H](C)C(C)(C)C)n(-c3ccc(F)cn3)c2c1. The van der Waals surface area contributed by atoms with Crippen LogP contribution in [0.1, 0.15) is 35.1 Å². The minimum Gasteiger partial charge on any atom is -0.295 e. The molecule has 0 radical (unpaired) electrons. The van der Waals surface area contributed by atoms with Crippen LogP contribution >= 0.6 is 0 Å². The van der Waals surface area contributed by atoms with Gasteiger partial charge in [-0.1, -0.05) is 41.2 Å². The normalized spacial score (nSPS) is 12.1. The van der Waals surface area contributed by atoms with E-state index >= 15 is 0 Å². The number of carbonyl (C=O) groups excluding carboxylic acids is 1. The standard InChI is InChI=1S/C20H20FN5O.CH4/c1-12(20(2,3)4)18(27)25-19-24-15-8-7-14(22-5)10-16(15)26(19)17-9-6-13(21)11-23-17;/h6-12H,1-4H3,(H,24,25,27);1H4/t12-;/m1./s1. The zero-order valence-electron chi connectivity index (χ0n) is 15.6. The molecule has 6 nitrogen and oxygen atoms in total. The number of halogens is 1. The van der Waals surface area contributed by atoms with Gasteiger partial charge in [0.15, 0.2) is 5.69 Å². The summed E-state index contributed by atoms with van der Waals surface area (Å²) in [6, 6.07) is 7.84. The molecular formula is C21H24FN5O. The van der Waals surface area contributed by atoms with E-state index in [1.54, 1.807) is 22.8 Å². The number of fused-ring (bicyclic) bond motifs is 1. The predicted molar refractivity (Wildman–Crippen MR) is 109 cm³/mol. The molecule has 0 spiro atoms. The van der Waals surface area contributed by atoms with Crippen molar-refractivity contribution < 1.29 is 9.18 Å². The zero-order valence-corrected chi connectivity index (χ0v) is 15.6. The number of aromatic nitrogens is 3. The fourth-order valence-corrected chi connectivity index (χ4v) is 2.56.